The van der Waals surface area contributed by atoms with Gasteiger partial charge in [0.1, 0.15) is 5.69 Å². The first-order valence-electron chi connectivity index (χ1n) is 7.41. The molecule has 1 aromatic heterocycles. The first-order valence-corrected chi connectivity index (χ1v) is 7.41. The average Bonchev–Trinajstić information content (AvgIpc) is 2.52. The van der Waals surface area contributed by atoms with Gasteiger partial charge < -0.3 is 5.32 Å². The minimum absolute atomic E-state index is 0.157. The van der Waals surface area contributed by atoms with E-state index in [1.54, 1.807) is 13.2 Å². The molecule has 0 unspecified atom stereocenters. The zero-order valence-corrected chi connectivity index (χ0v) is 12.5. The van der Waals surface area contributed by atoms with Crippen LogP contribution in [0.15, 0.2) is 42.6 Å². The number of aromatic nitrogens is 1. The standard InChI is InChI=1S/C18H20N2O/c1-18(9-3-10-18)15-6-4-13(5-7-15)14-8-11-20-16(12-14)17(21)19-2/h4-8,11-12H,3,9-10H2,1-2H3,(H,19,21). The molecule has 0 radical (unpaired) electrons. The summed E-state index contributed by atoms with van der Waals surface area (Å²) in [4.78, 5) is 15.8. The van der Waals surface area contributed by atoms with Crippen molar-refractivity contribution in [3.05, 3.63) is 53.9 Å². The molecule has 3 heteroatoms. The topological polar surface area (TPSA) is 42.0 Å². The van der Waals surface area contributed by atoms with Crippen LogP contribution in [0.2, 0.25) is 0 Å². The van der Waals surface area contributed by atoms with Crippen molar-refractivity contribution in [2.75, 3.05) is 7.05 Å². The third-order valence-corrected chi connectivity index (χ3v) is 4.59. The molecule has 1 amide bonds. The van der Waals surface area contributed by atoms with Gasteiger partial charge in [0, 0.05) is 13.2 Å². The van der Waals surface area contributed by atoms with Crippen LogP contribution in [0.3, 0.4) is 0 Å². The lowest BCUT2D eigenvalue weighted by molar-refractivity contribution is 0.0958. The van der Waals surface area contributed by atoms with E-state index in [0.29, 0.717) is 11.1 Å². The Balaban J connectivity index is 1.89. The van der Waals surface area contributed by atoms with E-state index in [-0.39, 0.29) is 5.91 Å². The Morgan fingerprint density at radius 1 is 1.14 bits per heavy atom. The second kappa shape index (κ2) is 5.32. The summed E-state index contributed by atoms with van der Waals surface area (Å²) < 4.78 is 0. The van der Waals surface area contributed by atoms with Crippen LogP contribution in [0, 0.1) is 0 Å². The first kappa shape index (κ1) is 13.8. The molecule has 1 aromatic carbocycles. The summed E-state index contributed by atoms with van der Waals surface area (Å²) in [5, 5.41) is 2.60. The number of hydrogen-bond acceptors (Lipinski definition) is 2. The zero-order valence-electron chi connectivity index (χ0n) is 12.5. The highest BCUT2D eigenvalue weighted by Crippen LogP contribution is 2.43. The van der Waals surface area contributed by atoms with Crippen LogP contribution in [0.4, 0.5) is 0 Å². The normalized spacial score (nSPS) is 16.1. The van der Waals surface area contributed by atoms with E-state index in [9.17, 15) is 4.79 Å². The fraction of sp³-hybridized carbons (Fsp3) is 0.333. The Labute approximate surface area is 125 Å². The van der Waals surface area contributed by atoms with Crippen molar-refractivity contribution < 1.29 is 4.79 Å². The summed E-state index contributed by atoms with van der Waals surface area (Å²) in [7, 11) is 1.62. The van der Waals surface area contributed by atoms with Crippen LogP contribution >= 0.6 is 0 Å². The van der Waals surface area contributed by atoms with E-state index >= 15 is 0 Å². The monoisotopic (exact) mass is 280 g/mol. The van der Waals surface area contributed by atoms with Crippen LogP contribution in [0.1, 0.15) is 42.2 Å². The predicted molar refractivity (Wildman–Crippen MR) is 84.3 cm³/mol. The molecule has 0 bridgehead atoms. The summed E-state index contributed by atoms with van der Waals surface area (Å²) in [5.74, 6) is -0.157. The molecule has 1 aliphatic rings. The van der Waals surface area contributed by atoms with Gasteiger partial charge in [-0.05, 0) is 47.1 Å². The first-order chi connectivity index (χ1) is 10.1. The molecule has 0 spiro atoms. The number of nitrogens with zero attached hydrogens (tertiary/aromatic N) is 1. The Morgan fingerprint density at radius 3 is 2.43 bits per heavy atom. The lowest BCUT2D eigenvalue weighted by Gasteiger charge is -2.39. The zero-order chi connectivity index (χ0) is 14.9. The van der Waals surface area contributed by atoms with E-state index in [1.165, 1.54) is 24.8 Å². The minimum atomic E-state index is -0.157. The average molecular weight is 280 g/mol. The lowest BCUT2D eigenvalue weighted by Crippen LogP contribution is -2.30. The summed E-state index contributed by atoms with van der Waals surface area (Å²) in [6.45, 7) is 2.33. The smallest absolute Gasteiger partial charge is 0.269 e. The molecule has 2 aromatic rings. The van der Waals surface area contributed by atoms with Crippen LogP contribution in [0.5, 0.6) is 0 Å². The number of benzene rings is 1. The number of nitrogens with one attached hydrogen (secondary N) is 1. The molecule has 0 saturated heterocycles. The van der Waals surface area contributed by atoms with Gasteiger partial charge in [-0.25, -0.2) is 0 Å². The summed E-state index contributed by atoms with van der Waals surface area (Å²) in [6.07, 6.45) is 5.57. The molecule has 1 heterocycles. The highest BCUT2D eigenvalue weighted by Gasteiger charge is 2.33. The van der Waals surface area contributed by atoms with Crippen LogP contribution in [0.25, 0.3) is 11.1 Å². The van der Waals surface area contributed by atoms with Gasteiger partial charge in [0.05, 0.1) is 0 Å². The maximum Gasteiger partial charge on any atom is 0.269 e. The van der Waals surface area contributed by atoms with Crippen LogP contribution in [-0.4, -0.2) is 17.9 Å². The van der Waals surface area contributed by atoms with Crippen molar-refractivity contribution in [2.45, 2.75) is 31.6 Å². The summed E-state index contributed by atoms with van der Waals surface area (Å²) in [6, 6.07) is 12.5. The maximum absolute atomic E-state index is 11.7. The minimum Gasteiger partial charge on any atom is -0.354 e. The second-order valence-corrected chi connectivity index (χ2v) is 6.00. The lowest BCUT2D eigenvalue weighted by atomic mass is 9.66. The van der Waals surface area contributed by atoms with E-state index < -0.39 is 0 Å². The highest BCUT2D eigenvalue weighted by atomic mass is 16.1. The van der Waals surface area contributed by atoms with Gasteiger partial charge in [-0.3, -0.25) is 9.78 Å². The second-order valence-electron chi connectivity index (χ2n) is 6.00. The van der Waals surface area contributed by atoms with E-state index in [4.69, 9.17) is 0 Å². The Morgan fingerprint density at radius 2 is 1.86 bits per heavy atom. The van der Waals surface area contributed by atoms with Crippen molar-refractivity contribution in [2.24, 2.45) is 0 Å². The molecule has 1 saturated carbocycles. The fourth-order valence-electron chi connectivity index (χ4n) is 2.92. The molecule has 0 aliphatic heterocycles. The molecule has 1 aliphatic carbocycles. The summed E-state index contributed by atoms with van der Waals surface area (Å²) >= 11 is 0. The number of amides is 1. The molecular formula is C18H20N2O. The number of hydrogen-bond donors (Lipinski definition) is 1. The molecular weight excluding hydrogens is 260 g/mol. The molecule has 108 valence electrons. The van der Waals surface area contributed by atoms with Crippen molar-refractivity contribution in [1.29, 1.82) is 0 Å². The predicted octanol–water partition coefficient (Wildman–Crippen LogP) is 3.55. The quantitative estimate of drug-likeness (QED) is 0.934. The number of pyridine rings is 1. The van der Waals surface area contributed by atoms with Gasteiger partial charge in [0.2, 0.25) is 0 Å². The van der Waals surface area contributed by atoms with Crippen LogP contribution in [-0.2, 0) is 5.41 Å². The molecule has 1 fully saturated rings. The van der Waals surface area contributed by atoms with Gasteiger partial charge in [-0.2, -0.15) is 0 Å². The van der Waals surface area contributed by atoms with Gasteiger partial charge >= 0.3 is 0 Å². The number of carbonyl (C=O) groups excluding carboxylic acids is 1. The summed E-state index contributed by atoms with van der Waals surface area (Å²) in [5.41, 5.74) is 4.37. The molecule has 0 atom stereocenters. The largest absolute Gasteiger partial charge is 0.354 e. The fourth-order valence-corrected chi connectivity index (χ4v) is 2.92. The van der Waals surface area contributed by atoms with Crippen molar-refractivity contribution in [3.63, 3.8) is 0 Å². The molecule has 1 N–H and O–H groups in total. The third kappa shape index (κ3) is 2.56. The molecule has 21 heavy (non-hydrogen) atoms. The number of rotatable bonds is 3. The Bertz CT molecular complexity index is 657. The SMILES string of the molecule is CNC(=O)c1cc(-c2ccc(C3(C)CCC3)cc2)ccn1. The maximum atomic E-state index is 11.7. The van der Waals surface area contributed by atoms with Gasteiger partial charge in [0.15, 0.2) is 0 Å². The third-order valence-electron chi connectivity index (χ3n) is 4.59. The van der Waals surface area contributed by atoms with E-state index in [0.717, 1.165) is 11.1 Å². The van der Waals surface area contributed by atoms with E-state index in [1.807, 2.05) is 12.1 Å². The van der Waals surface area contributed by atoms with Crippen LogP contribution < -0.4 is 5.32 Å². The van der Waals surface area contributed by atoms with Gasteiger partial charge in [0.25, 0.3) is 5.91 Å². The number of carbonyl (C=O) groups is 1. The Hall–Kier alpha value is -2.16. The van der Waals surface area contributed by atoms with E-state index in [2.05, 4.69) is 41.5 Å². The van der Waals surface area contributed by atoms with Crippen molar-refractivity contribution in [1.82, 2.24) is 10.3 Å². The highest BCUT2D eigenvalue weighted by molar-refractivity contribution is 5.93. The molecule has 3 rings (SSSR count). The van der Waals surface area contributed by atoms with Gasteiger partial charge in [-0.15, -0.1) is 0 Å². The van der Waals surface area contributed by atoms with Gasteiger partial charge in [-0.1, -0.05) is 37.6 Å². The molecule has 3 nitrogen and oxygen atoms in total. The Kier molecular flexibility index (Phi) is 3.50. The van der Waals surface area contributed by atoms with Crippen molar-refractivity contribution >= 4 is 5.91 Å². The van der Waals surface area contributed by atoms with Crippen molar-refractivity contribution in [3.8, 4) is 11.1 Å².